The highest BCUT2D eigenvalue weighted by Crippen LogP contribution is 2.52. The van der Waals surface area contributed by atoms with Gasteiger partial charge in [0.2, 0.25) is 5.91 Å². The summed E-state index contributed by atoms with van der Waals surface area (Å²) in [6.07, 6.45) is -1.81. The fourth-order valence-corrected chi connectivity index (χ4v) is 25.0. The van der Waals surface area contributed by atoms with Gasteiger partial charge in [0.15, 0.2) is 5.82 Å². The molecule has 12 heterocycles. The molecule has 1 aliphatic carbocycles. The SMILES string of the molecule is C=S1(=NC)CC=C(c2cc3c(N[C@H](C)c4cccc(C(F)F)c4F)ncnc3n(C)c2=O)CC1.C=S1(=O)CC2(CCC(O)(c3cc4c(N[C@H](C)c5cccc(C(F)F)c5F)ncnc4n(C)c3=O)CC2)C1.C=S1(=O)CCC(N)(c2cc3c(N[C@H](C)c4cccc(C(F)F)c4F)ncnc3n(C)c2=O)CC1.CC(=O)N1CCC(c2cc3c(N[C@H](C)c4cc(C(F)(F)F)cc(N)c4F)ncnc3n(C)c2=O)CC1. The number of likely N-dealkylation sites (tertiary alicyclic amines) is 1. The number of pyridine rings is 4. The molecule has 12 aromatic rings. The summed E-state index contributed by atoms with van der Waals surface area (Å²) < 4.78 is 212. The molecule has 141 heavy (non-hydrogen) atoms. The number of nitrogen functional groups attached to an aromatic ring is 1. The largest absolute Gasteiger partial charge is 0.416 e. The Labute approximate surface area is 802 Å². The number of aryl methyl sites for hydroxylation is 4. The number of rotatable bonds is 19. The van der Waals surface area contributed by atoms with E-state index in [9.17, 15) is 94.6 Å². The van der Waals surface area contributed by atoms with Crippen LogP contribution < -0.4 is 55.0 Å². The van der Waals surface area contributed by atoms with E-state index in [4.69, 9.17) is 11.5 Å². The van der Waals surface area contributed by atoms with Gasteiger partial charge in [-0.1, -0.05) is 66.5 Å². The summed E-state index contributed by atoms with van der Waals surface area (Å²) in [7, 11) is 2.59. The zero-order chi connectivity index (χ0) is 103. The number of anilines is 5. The highest BCUT2D eigenvalue weighted by molar-refractivity contribution is 8.02. The number of carbonyl (C=O) groups excluding carboxylic acids is 1. The van der Waals surface area contributed by atoms with Gasteiger partial charge in [-0.05, 0) is 170 Å². The van der Waals surface area contributed by atoms with Gasteiger partial charge >= 0.3 is 6.18 Å². The minimum atomic E-state index is -4.69. The molecule has 9 N–H and O–H groups in total. The first-order valence-electron chi connectivity index (χ1n) is 45.0. The van der Waals surface area contributed by atoms with E-state index in [1.54, 1.807) is 85.2 Å². The summed E-state index contributed by atoms with van der Waals surface area (Å²) in [6, 6.07) is 16.5. The van der Waals surface area contributed by atoms with Crippen molar-refractivity contribution < 1.29 is 75.4 Å². The molecule has 4 fully saturated rings. The van der Waals surface area contributed by atoms with E-state index in [1.807, 2.05) is 6.08 Å². The fraction of sp³-hybridized carbons (Fsp3) is 0.402. The molecule has 1 amide bonds. The third kappa shape index (κ3) is 21.6. The van der Waals surface area contributed by atoms with Gasteiger partial charge in [0.25, 0.3) is 41.5 Å². The first-order chi connectivity index (χ1) is 66.3. The van der Waals surface area contributed by atoms with Crippen molar-refractivity contribution in [3.8, 4) is 0 Å². The summed E-state index contributed by atoms with van der Waals surface area (Å²) in [5.74, 6) is 12.3. The molecule has 3 saturated heterocycles. The number of benzene rings is 4. The van der Waals surface area contributed by atoms with Gasteiger partial charge in [0, 0.05) is 140 Å². The molecule has 0 bridgehead atoms. The molecular weight excluding hydrogens is 1920 g/mol. The lowest BCUT2D eigenvalue weighted by Gasteiger charge is -2.50. The number of halogens is 13. The van der Waals surface area contributed by atoms with Crippen LogP contribution in [0.2, 0.25) is 0 Å². The lowest BCUT2D eigenvalue weighted by molar-refractivity contribution is -0.137. The van der Waals surface area contributed by atoms with Crippen molar-refractivity contribution in [2.45, 2.75) is 159 Å². The van der Waals surface area contributed by atoms with Crippen LogP contribution in [-0.2, 0) is 78.8 Å². The molecule has 44 heteroatoms. The van der Waals surface area contributed by atoms with Crippen LogP contribution >= 0.6 is 0 Å². The van der Waals surface area contributed by atoms with Gasteiger partial charge < -0.3 is 42.7 Å². The topological polar surface area (TPSA) is 378 Å². The lowest BCUT2D eigenvalue weighted by Crippen LogP contribution is -2.53. The van der Waals surface area contributed by atoms with Crippen molar-refractivity contribution in [1.82, 2.24) is 63.0 Å². The quantitative estimate of drug-likeness (QED) is 0.0225. The van der Waals surface area contributed by atoms with Gasteiger partial charge in [-0.3, -0.25) is 55.0 Å². The van der Waals surface area contributed by atoms with Crippen LogP contribution in [0.3, 0.4) is 0 Å². The second kappa shape index (κ2) is 40.7. The van der Waals surface area contributed by atoms with Gasteiger partial charge in [0.05, 0.1) is 79.3 Å². The average Bonchev–Trinajstić information content (AvgIpc) is 0.727. The van der Waals surface area contributed by atoms with Gasteiger partial charge in [-0.25, -0.2) is 83.8 Å². The lowest BCUT2D eigenvalue weighted by atomic mass is 9.68. The summed E-state index contributed by atoms with van der Waals surface area (Å²) in [6.45, 7) is 8.98. The Morgan fingerprint density at radius 2 is 0.894 bits per heavy atom. The van der Waals surface area contributed by atoms with E-state index in [1.165, 1.54) is 93.8 Å². The monoisotopic (exact) mass is 2020 g/mol. The molecule has 5 atom stereocenters. The molecule has 4 aliphatic heterocycles. The number of hydrogen-bond acceptors (Lipinski definition) is 23. The second-order valence-corrected chi connectivity index (χ2v) is 45.1. The summed E-state index contributed by atoms with van der Waals surface area (Å²) in [5.41, 5.74) is 8.81. The number of piperidine rings is 1. The Morgan fingerprint density at radius 1 is 0.511 bits per heavy atom. The molecule has 1 saturated carbocycles. The fourth-order valence-electron chi connectivity index (χ4n) is 19.0. The summed E-state index contributed by atoms with van der Waals surface area (Å²) in [4.78, 5) is 100.0. The number of nitrogens with zero attached hydrogens (tertiary/aromatic N) is 14. The average molecular weight is 2020 g/mol. The molecule has 752 valence electrons. The van der Waals surface area contributed by atoms with E-state index in [-0.39, 0.29) is 78.9 Å². The first kappa shape index (κ1) is 104. The molecular formula is C97H107F13N20O8S3. The summed E-state index contributed by atoms with van der Waals surface area (Å²) in [5, 5.41) is 25.7. The maximum Gasteiger partial charge on any atom is 0.416 e. The number of carbonyl (C=O) groups is 1. The Bertz CT molecular complexity index is 7560. The molecule has 17 rings (SSSR count). The first-order valence-corrected chi connectivity index (χ1v) is 51.2. The number of allylic oxidation sites excluding steroid dienone is 1. The zero-order valence-electron chi connectivity index (χ0n) is 78.7. The predicted octanol–water partition coefficient (Wildman–Crippen LogP) is 16.0. The van der Waals surface area contributed by atoms with E-state index in [0.29, 0.717) is 178 Å². The molecule has 0 radical (unpaired) electrons. The number of hydrogen-bond donors (Lipinski definition) is 7. The number of nitrogens with two attached hydrogens (primary N) is 2. The smallest absolute Gasteiger partial charge is 0.396 e. The predicted molar refractivity (Wildman–Crippen MR) is 526 cm³/mol. The molecule has 8 aromatic heterocycles. The van der Waals surface area contributed by atoms with Crippen LogP contribution in [0.5, 0.6) is 0 Å². The number of alkyl halides is 9. The van der Waals surface area contributed by atoms with Crippen molar-refractivity contribution in [2.75, 3.05) is 81.7 Å². The third-order valence-electron chi connectivity index (χ3n) is 27.3. The maximum atomic E-state index is 14.8. The third-order valence-corrected chi connectivity index (χ3v) is 34.0. The molecule has 1 spiro atoms. The Morgan fingerprint density at radius 3 is 1.28 bits per heavy atom. The van der Waals surface area contributed by atoms with Gasteiger partial charge in [-0.15, -0.1) is 9.41 Å². The molecule has 1 unspecified atom stereocenters. The number of aliphatic hydroxyl groups is 1. The van der Waals surface area contributed by atoms with Crippen LogP contribution in [-0.4, -0.2) is 155 Å². The molecule has 28 nitrogen and oxygen atoms in total. The highest BCUT2D eigenvalue weighted by atomic mass is 32.2. The minimum absolute atomic E-state index is 0.0174. The van der Waals surface area contributed by atoms with Crippen LogP contribution in [0, 0.1) is 28.7 Å². The van der Waals surface area contributed by atoms with Crippen LogP contribution in [0.25, 0.3) is 49.7 Å². The van der Waals surface area contributed by atoms with Gasteiger partial charge in [0.1, 0.15) is 88.6 Å². The molecule has 5 aliphatic rings. The minimum Gasteiger partial charge on any atom is -0.396 e. The van der Waals surface area contributed by atoms with Crippen molar-refractivity contribution in [2.24, 2.45) is 43.7 Å². The number of amides is 1. The standard InChI is InChI=1S/C26H29F3N4O3S.C24H26F4N6O2.C24H26F3N5OS.C23H26F3N5O2S/c1-15(16-5-4-6-17(20(16)27)21(28)29)32-22-18-11-19(24(34)33(2)23(18)31-14-30-22)26(35)9-7-25(8-10-26)12-37(3,36)13-25;1-12(16-8-15(24(26,27)28)9-19(29)20(16)25)32-21-18-10-17(14-4-6-34(7-5-14)13(2)35)23(36)33(3)22(18)31-11-30-21;1-14(16-6-5-7-17(20(16)25)21(26)27)31-22-19-12-18(15-8-10-34(4,28-2)11-9-15)24(33)32(3)23(19)30-13-29-22;1-13(14-5-4-6-15(18(14)24)19(25)26)30-20-16-11-17(22(32)31(2)21(16)29-12-28-20)23(27)7-9-34(3,33)10-8-23/h4-6,11,14-15,21,35H,3,7-10,12-13H2,1-2H3,(H,30,31,32);8-12,14H,4-7,29H2,1-3H3,(H,30,31,32);5-8,12-14,21H,4,9-11H2,1-3H3,(H,29,30,31);4-6,11-13,19H,3,7-10,27H2,1-2H3,(H,28,29,30)/t15-,25?,26?,37?;12-;14-,34?;13-,23?,34?/m1111/s1. The molecule has 4 aromatic carbocycles. The van der Waals surface area contributed by atoms with Crippen LogP contribution in [0.1, 0.15) is 209 Å². The van der Waals surface area contributed by atoms with Crippen LogP contribution in [0.15, 0.2) is 146 Å². The maximum absolute atomic E-state index is 14.8. The van der Waals surface area contributed by atoms with Crippen molar-refractivity contribution in [1.29, 1.82) is 0 Å². The second-order valence-electron chi connectivity index (χ2n) is 36.8. The highest BCUT2D eigenvalue weighted by Gasteiger charge is 2.51. The van der Waals surface area contributed by atoms with Crippen LogP contribution in [0.4, 0.5) is 86.0 Å². The van der Waals surface area contributed by atoms with E-state index < -0.39 is 140 Å². The number of nitrogens with one attached hydrogen (secondary N) is 4. The summed E-state index contributed by atoms with van der Waals surface area (Å²) >= 11 is 0. The van der Waals surface area contributed by atoms with Crippen molar-refractivity contribution in [3.05, 3.63) is 254 Å². The zero-order valence-corrected chi connectivity index (χ0v) is 81.1. The van der Waals surface area contributed by atoms with E-state index >= 15 is 0 Å². The Hall–Kier alpha value is -12.7. The van der Waals surface area contributed by atoms with Crippen molar-refractivity contribution in [3.63, 3.8) is 0 Å². The normalized spacial score (nSPS) is 21.9. The van der Waals surface area contributed by atoms with E-state index in [2.05, 4.69) is 83.1 Å². The van der Waals surface area contributed by atoms with E-state index in [0.717, 1.165) is 35.6 Å². The van der Waals surface area contributed by atoms with Crippen molar-refractivity contribution >= 4 is 131 Å². The Balaban J connectivity index is 0.000000150. The number of aromatic nitrogens is 12. The number of fused-ring (bicyclic) bond motifs is 4. The van der Waals surface area contributed by atoms with Gasteiger partial charge in [-0.2, -0.15) is 13.2 Å². The Kier molecular flexibility index (Phi) is 30.1.